The smallest absolute Gasteiger partial charge is 0.240 e. The summed E-state index contributed by atoms with van der Waals surface area (Å²) < 4.78 is 10.2. The van der Waals surface area contributed by atoms with Gasteiger partial charge in [-0.15, -0.1) is 0 Å². The summed E-state index contributed by atoms with van der Waals surface area (Å²) in [5, 5.41) is 16.1. The quantitative estimate of drug-likeness (QED) is 0.692. The van der Waals surface area contributed by atoms with Crippen molar-refractivity contribution in [1.29, 1.82) is 0 Å². The number of aliphatic hydroxyl groups is 1. The van der Waals surface area contributed by atoms with Crippen molar-refractivity contribution in [2.75, 3.05) is 20.3 Å². The van der Waals surface area contributed by atoms with Crippen molar-refractivity contribution in [3.05, 3.63) is 11.7 Å². The summed E-state index contributed by atoms with van der Waals surface area (Å²) in [6, 6.07) is 0. The normalized spacial score (nSPS) is 14.8. The van der Waals surface area contributed by atoms with E-state index in [4.69, 9.17) is 14.4 Å². The zero-order valence-electron chi connectivity index (χ0n) is 10.7. The molecule has 0 aromatic carbocycles. The van der Waals surface area contributed by atoms with Crippen molar-refractivity contribution in [2.24, 2.45) is 0 Å². The molecule has 1 atom stereocenters. The van der Waals surface area contributed by atoms with Gasteiger partial charge in [0.2, 0.25) is 5.89 Å². The molecule has 6 heteroatoms. The van der Waals surface area contributed by atoms with Gasteiger partial charge in [0, 0.05) is 25.7 Å². The van der Waals surface area contributed by atoms with Gasteiger partial charge in [-0.2, -0.15) is 4.98 Å². The number of aryl methyl sites for hydroxylation is 1. The first-order valence-corrected chi connectivity index (χ1v) is 5.80. The van der Waals surface area contributed by atoms with Crippen LogP contribution in [-0.2, 0) is 17.7 Å². The molecule has 0 spiro atoms. The molecule has 6 nitrogen and oxygen atoms in total. The Morgan fingerprint density at radius 2 is 2.29 bits per heavy atom. The van der Waals surface area contributed by atoms with Crippen LogP contribution in [0.25, 0.3) is 0 Å². The van der Waals surface area contributed by atoms with E-state index in [1.54, 1.807) is 7.11 Å². The maximum Gasteiger partial charge on any atom is 0.240 e. The van der Waals surface area contributed by atoms with E-state index in [1.165, 1.54) is 0 Å². The van der Waals surface area contributed by atoms with Crippen LogP contribution in [0.1, 0.15) is 32.0 Å². The highest BCUT2D eigenvalue weighted by Gasteiger charge is 2.23. The van der Waals surface area contributed by atoms with Gasteiger partial charge in [-0.1, -0.05) is 12.1 Å². The van der Waals surface area contributed by atoms with Gasteiger partial charge in [-0.3, -0.25) is 0 Å². The number of rotatable bonds is 8. The third-order valence-electron chi connectivity index (χ3n) is 2.62. The van der Waals surface area contributed by atoms with Crippen LogP contribution < -0.4 is 5.32 Å². The van der Waals surface area contributed by atoms with Crippen LogP contribution in [0.3, 0.4) is 0 Å². The molecule has 0 saturated carbocycles. The van der Waals surface area contributed by atoms with E-state index >= 15 is 0 Å². The summed E-state index contributed by atoms with van der Waals surface area (Å²) >= 11 is 0. The Labute approximate surface area is 101 Å². The lowest BCUT2D eigenvalue weighted by Crippen LogP contribution is -2.46. The molecule has 1 heterocycles. The molecule has 1 rings (SSSR count). The Morgan fingerprint density at radius 1 is 1.53 bits per heavy atom. The van der Waals surface area contributed by atoms with Gasteiger partial charge < -0.3 is 19.7 Å². The first-order valence-electron chi connectivity index (χ1n) is 5.80. The van der Waals surface area contributed by atoms with Crippen LogP contribution >= 0.6 is 0 Å². The molecule has 2 N–H and O–H groups in total. The summed E-state index contributed by atoms with van der Waals surface area (Å²) in [7, 11) is 1.64. The molecule has 17 heavy (non-hydrogen) atoms. The van der Waals surface area contributed by atoms with E-state index in [-0.39, 0.29) is 12.1 Å². The predicted octanol–water partition coefficient (Wildman–Crippen LogP) is 0.509. The van der Waals surface area contributed by atoms with Crippen molar-refractivity contribution >= 4 is 0 Å². The maximum atomic E-state index is 9.02. The van der Waals surface area contributed by atoms with Gasteiger partial charge in [-0.25, -0.2) is 0 Å². The molecule has 1 aromatic heterocycles. The molecule has 98 valence electrons. The highest BCUT2D eigenvalue weighted by Crippen LogP contribution is 2.11. The number of hydrogen-bond donors (Lipinski definition) is 2. The van der Waals surface area contributed by atoms with Gasteiger partial charge in [-0.05, 0) is 13.3 Å². The fourth-order valence-corrected chi connectivity index (χ4v) is 1.57. The first kappa shape index (κ1) is 14.1. The summed E-state index contributed by atoms with van der Waals surface area (Å²) in [5.41, 5.74) is -0.287. The molecule has 1 unspecified atom stereocenters. The van der Waals surface area contributed by atoms with Crippen molar-refractivity contribution in [3.63, 3.8) is 0 Å². The number of ether oxygens (including phenoxy) is 1. The van der Waals surface area contributed by atoms with Gasteiger partial charge >= 0.3 is 0 Å². The van der Waals surface area contributed by atoms with Crippen LogP contribution in [0.4, 0.5) is 0 Å². The Kier molecular flexibility index (Phi) is 5.54. The number of hydrogen-bond acceptors (Lipinski definition) is 6. The van der Waals surface area contributed by atoms with E-state index in [0.717, 1.165) is 6.42 Å². The molecule has 0 fully saturated rings. The Hall–Kier alpha value is -0.980. The average molecular weight is 243 g/mol. The van der Waals surface area contributed by atoms with E-state index in [0.29, 0.717) is 31.3 Å². The number of methoxy groups -OCH3 is 1. The minimum Gasteiger partial charge on any atom is -0.396 e. The fourth-order valence-electron chi connectivity index (χ4n) is 1.57. The second-order valence-electron chi connectivity index (χ2n) is 4.28. The van der Waals surface area contributed by atoms with Crippen LogP contribution in [0.5, 0.6) is 0 Å². The maximum absolute atomic E-state index is 9.02. The molecule has 0 saturated heterocycles. The Balaban J connectivity index is 2.50. The lowest BCUT2D eigenvalue weighted by atomic mass is 9.99. The topological polar surface area (TPSA) is 80.4 Å². The SMILES string of the molecule is CCc1noc(CNC(C)(CCO)COC)n1. The van der Waals surface area contributed by atoms with Crippen molar-refractivity contribution in [1.82, 2.24) is 15.5 Å². The summed E-state index contributed by atoms with van der Waals surface area (Å²) in [6.07, 6.45) is 1.37. The van der Waals surface area contributed by atoms with Crippen LogP contribution in [-0.4, -0.2) is 41.1 Å². The summed E-state index contributed by atoms with van der Waals surface area (Å²) in [6.45, 7) is 5.07. The third kappa shape index (κ3) is 4.41. The monoisotopic (exact) mass is 243 g/mol. The van der Waals surface area contributed by atoms with Crippen molar-refractivity contribution in [2.45, 2.75) is 38.8 Å². The molecule has 0 amide bonds. The van der Waals surface area contributed by atoms with Crippen LogP contribution in [0, 0.1) is 0 Å². The minimum atomic E-state index is -0.287. The van der Waals surface area contributed by atoms with Crippen LogP contribution in [0.15, 0.2) is 4.52 Å². The number of aromatic nitrogens is 2. The molecule has 0 aliphatic rings. The molecule has 0 radical (unpaired) electrons. The Morgan fingerprint density at radius 3 is 2.82 bits per heavy atom. The summed E-state index contributed by atoms with van der Waals surface area (Å²) in [5.74, 6) is 1.26. The Bertz CT molecular complexity index is 322. The minimum absolute atomic E-state index is 0.108. The van der Waals surface area contributed by atoms with Gasteiger partial charge in [0.1, 0.15) is 0 Å². The number of aliphatic hydroxyl groups excluding tert-OH is 1. The second kappa shape index (κ2) is 6.68. The summed E-state index contributed by atoms with van der Waals surface area (Å²) in [4.78, 5) is 4.21. The van der Waals surface area contributed by atoms with E-state index in [9.17, 15) is 0 Å². The van der Waals surface area contributed by atoms with E-state index in [1.807, 2.05) is 13.8 Å². The lowest BCUT2D eigenvalue weighted by molar-refractivity contribution is 0.0948. The molecule has 0 aliphatic heterocycles. The predicted molar refractivity (Wildman–Crippen MR) is 62.5 cm³/mol. The van der Waals surface area contributed by atoms with Crippen molar-refractivity contribution < 1.29 is 14.4 Å². The highest BCUT2D eigenvalue weighted by molar-refractivity contribution is 4.89. The highest BCUT2D eigenvalue weighted by atomic mass is 16.5. The van der Waals surface area contributed by atoms with Gasteiger partial charge in [0.25, 0.3) is 0 Å². The van der Waals surface area contributed by atoms with E-state index in [2.05, 4.69) is 15.5 Å². The lowest BCUT2D eigenvalue weighted by Gasteiger charge is -2.28. The molecule has 0 bridgehead atoms. The van der Waals surface area contributed by atoms with Gasteiger partial charge in [0.15, 0.2) is 5.82 Å². The fraction of sp³-hybridized carbons (Fsp3) is 0.818. The molecular weight excluding hydrogens is 222 g/mol. The average Bonchev–Trinajstić information content (AvgIpc) is 2.75. The number of nitrogens with one attached hydrogen (secondary N) is 1. The van der Waals surface area contributed by atoms with Gasteiger partial charge in [0.05, 0.1) is 13.2 Å². The molecule has 1 aromatic rings. The first-order chi connectivity index (χ1) is 8.13. The molecule has 0 aliphatic carbocycles. The molecular formula is C11H21N3O3. The zero-order valence-corrected chi connectivity index (χ0v) is 10.7. The standard InChI is InChI=1S/C11H21N3O3/c1-4-9-13-10(17-14-9)7-12-11(2,5-6-15)8-16-3/h12,15H,4-8H2,1-3H3. The third-order valence-corrected chi connectivity index (χ3v) is 2.62. The van der Waals surface area contributed by atoms with Crippen LogP contribution in [0.2, 0.25) is 0 Å². The zero-order chi connectivity index (χ0) is 12.7. The largest absolute Gasteiger partial charge is 0.396 e. The second-order valence-corrected chi connectivity index (χ2v) is 4.28. The van der Waals surface area contributed by atoms with E-state index < -0.39 is 0 Å². The van der Waals surface area contributed by atoms with Crippen molar-refractivity contribution in [3.8, 4) is 0 Å². The number of nitrogens with zero attached hydrogens (tertiary/aromatic N) is 2.